The molecule has 0 unspecified atom stereocenters. The molecule has 0 spiro atoms. The van der Waals surface area contributed by atoms with E-state index in [4.69, 9.17) is 0 Å². The molecule has 3 rings (SSSR count). The lowest BCUT2D eigenvalue weighted by Crippen LogP contribution is -2.44. The standard InChI is InChI=1S/C12H16N6/c1-17-11(3-5-15-17)10-2-4-14-12(16-10)18-8-6-13-7-9-18/h2-5,13H,6-9H2,1H3. The van der Waals surface area contributed by atoms with E-state index in [0.717, 1.165) is 43.5 Å². The van der Waals surface area contributed by atoms with E-state index in [1.54, 1.807) is 6.20 Å². The first-order valence-electron chi connectivity index (χ1n) is 6.12. The summed E-state index contributed by atoms with van der Waals surface area (Å²) in [5.41, 5.74) is 1.92. The van der Waals surface area contributed by atoms with Gasteiger partial charge in [0.2, 0.25) is 5.95 Å². The lowest BCUT2D eigenvalue weighted by atomic mass is 10.3. The van der Waals surface area contributed by atoms with Crippen LogP contribution in [0.4, 0.5) is 5.95 Å². The molecular weight excluding hydrogens is 228 g/mol. The highest BCUT2D eigenvalue weighted by atomic mass is 15.3. The molecule has 18 heavy (non-hydrogen) atoms. The Balaban J connectivity index is 1.91. The fourth-order valence-corrected chi connectivity index (χ4v) is 2.13. The zero-order chi connectivity index (χ0) is 12.4. The minimum Gasteiger partial charge on any atom is -0.338 e. The van der Waals surface area contributed by atoms with Crippen molar-refractivity contribution in [3.05, 3.63) is 24.5 Å². The number of hydrogen-bond acceptors (Lipinski definition) is 5. The third kappa shape index (κ3) is 2.06. The number of rotatable bonds is 2. The van der Waals surface area contributed by atoms with Gasteiger partial charge in [0.25, 0.3) is 0 Å². The van der Waals surface area contributed by atoms with E-state index in [2.05, 4.69) is 25.3 Å². The van der Waals surface area contributed by atoms with Gasteiger partial charge < -0.3 is 10.2 Å². The van der Waals surface area contributed by atoms with E-state index in [0.29, 0.717) is 0 Å². The molecule has 6 nitrogen and oxygen atoms in total. The van der Waals surface area contributed by atoms with Crippen LogP contribution in [0, 0.1) is 0 Å². The molecule has 94 valence electrons. The van der Waals surface area contributed by atoms with E-state index in [1.807, 2.05) is 30.1 Å². The van der Waals surface area contributed by atoms with E-state index in [1.165, 1.54) is 0 Å². The molecule has 1 saturated heterocycles. The fraction of sp³-hybridized carbons (Fsp3) is 0.417. The Morgan fingerprint density at radius 1 is 1.17 bits per heavy atom. The maximum absolute atomic E-state index is 4.63. The van der Waals surface area contributed by atoms with Gasteiger partial charge in [-0.1, -0.05) is 0 Å². The lowest BCUT2D eigenvalue weighted by molar-refractivity contribution is 0.580. The molecule has 0 aliphatic carbocycles. The molecule has 0 radical (unpaired) electrons. The summed E-state index contributed by atoms with van der Waals surface area (Å²) in [6.45, 7) is 3.88. The molecule has 1 fully saturated rings. The molecule has 1 aliphatic rings. The Hall–Kier alpha value is -1.95. The second-order valence-corrected chi connectivity index (χ2v) is 4.32. The van der Waals surface area contributed by atoms with E-state index in [9.17, 15) is 0 Å². The van der Waals surface area contributed by atoms with Gasteiger partial charge in [-0.15, -0.1) is 0 Å². The highest BCUT2D eigenvalue weighted by Gasteiger charge is 2.14. The van der Waals surface area contributed by atoms with Gasteiger partial charge in [-0.05, 0) is 12.1 Å². The number of aromatic nitrogens is 4. The molecule has 0 bridgehead atoms. The van der Waals surface area contributed by atoms with Crippen molar-refractivity contribution in [2.24, 2.45) is 7.05 Å². The topological polar surface area (TPSA) is 58.9 Å². The summed E-state index contributed by atoms with van der Waals surface area (Å²) >= 11 is 0. The molecule has 1 aliphatic heterocycles. The zero-order valence-corrected chi connectivity index (χ0v) is 10.4. The normalized spacial score (nSPS) is 15.9. The molecule has 2 aromatic heterocycles. The Bertz CT molecular complexity index is 529. The van der Waals surface area contributed by atoms with Crippen molar-refractivity contribution in [1.29, 1.82) is 0 Å². The number of nitrogens with one attached hydrogen (secondary N) is 1. The van der Waals surface area contributed by atoms with Crippen LogP contribution in [0.3, 0.4) is 0 Å². The van der Waals surface area contributed by atoms with Gasteiger partial charge >= 0.3 is 0 Å². The molecule has 0 aromatic carbocycles. The van der Waals surface area contributed by atoms with Crippen LogP contribution in [-0.2, 0) is 7.05 Å². The number of piperazine rings is 1. The Kier molecular flexibility index (Phi) is 2.93. The van der Waals surface area contributed by atoms with Crippen molar-refractivity contribution in [2.45, 2.75) is 0 Å². The van der Waals surface area contributed by atoms with Gasteiger partial charge in [0.05, 0.1) is 11.4 Å². The van der Waals surface area contributed by atoms with Gasteiger partial charge in [0, 0.05) is 45.6 Å². The van der Waals surface area contributed by atoms with E-state index < -0.39 is 0 Å². The van der Waals surface area contributed by atoms with Crippen LogP contribution in [0.1, 0.15) is 0 Å². The predicted molar refractivity (Wildman–Crippen MR) is 69.3 cm³/mol. The smallest absolute Gasteiger partial charge is 0.225 e. The van der Waals surface area contributed by atoms with Crippen molar-refractivity contribution in [3.8, 4) is 11.4 Å². The average molecular weight is 244 g/mol. The van der Waals surface area contributed by atoms with Crippen LogP contribution < -0.4 is 10.2 Å². The molecule has 2 aromatic rings. The second-order valence-electron chi connectivity index (χ2n) is 4.32. The number of aryl methyl sites for hydroxylation is 1. The monoisotopic (exact) mass is 244 g/mol. The first-order chi connectivity index (χ1) is 8.84. The summed E-state index contributed by atoms with van der Waals surface area (Å²) < 4.78 is 1.82. The molecule has 3 heterocycles. The SMILES string of the molecule is Cn1nccc1-c1ccnc(N2CCNCC2)n1. The highest BCUT2D eigenvalue weighted by Crippen LogP contribution is 2.17. The molecule has 1 N–H and O–H groups in total. The minimum absolute atomic E-state index is 0.801. The van der Waals surface area contributed by atoms with E-state index >= 15 is 0 Å². The lowest BCUT2D eigenvalue weighted by Gasteiger charge is -2.27. The van der Waals surface area contributed by atoms with Crippen molar-refractivity contribution >= 4 is 5.95 Å². The van der Waals surface area contributed by atoms with Crippen LogP contribution >= 0.6 is 0 Å². The Labute approximate surface area is 106 Å². The number of nitrogens with zero attached hydrogens (tertiary/aromatic N) is 5. The first-order valence-corrected chi connectivity index (χ1v) is 6.12. The highest BCUT2D eigenvalue weighted by molar-refractivity contribution is 5.55. The molecular formula is C12H16N6. The average Bonchev–Trinajstić information content (AvgIpc) is 2.86. The van der Waals surface area contributed by atoms with Crippen LogP contribution in [0.25, 0.3) is 11.4 Å². The first kappa shape index (κ1) is 11.2. The molecule has 0 amide bonds. The van der Waals surface area contributed by atoms with Gasteiger partial charge in [-0.3, -0.25) is 4.68 Å². The van der Waals surface area contributed by atoms with Crippen LogP contribution in [0.5, 0.6) is 0 Å². The maximum Gasteiger partial charge on any atom is 0.225 e. The fourth-order valence-electron chi connectivity index (χ4n) is 2.13. The van der Waals surface area contributed by atoms with Gasteiger partial charge in [-0.2, -0.15) is 5.10 Å². The number of hydrogen-bond donors (Lipinski definition) is 1. The third-order valence-electron chi connectivity index (χ3n) is 3.13. The summed E-state index contributed by atoms with van der Waals surface area (Å²) in [6, 6.07) is 3.88. The van der Waals surface area contributed by atoms with Crippen LogP contribution in [0.2, 0.25) is 0 Å². The second kappa shape index (κ2) is 4.73. The van der Waals surface area contributed by atoms with Gasteiger partial charge in [0.15, 0.2) is 0 Å². The minimum atomic E-state index is 0.801. The predicted octanol–water partition coefficient (Wildman–Crippen LogP) is 0.287. The van der Waals surface area contributed by atoms with Crippen molar-refractivity contribution in [1.82, 2.24) is 25.1 Å². The summed E-state index contributed by atoms with van der Waals surface area (Å²) in [7, 11) is 1.92. The molecule has 0 atom stereocenters. The van der Waals surface area contributed by atoms with Crippen LogP contribution in [-0.4, -0.2) is 45.9 Å². The Morgan fingerprint density at radius 3 is 2.72 bits per heavy atom. The summed E-state index contributed by atoms with van der Waals surface area (Å²) in [4.78, 5) is 11.2. The van der Waals surface area contributed by atoms with Crippen molar-refractivity contribution < 1.29 is 0 Å². The largest absolute Gasteiger partial charge is 0.338 e. The molecule has 0 saturated carbocycles. The van der Waals surface area contributed by atoms with Crippen molar-refractivity contribution in [2.75, 3.05) is 31.1 Å². The summed E-state index contributed by atoms with van der Waals surface area (Å²) in [5.74, 6) is 0.801. The van der Waals surface area contributed by atoms with Crippen LogP contribution in [0.15, 0.2) is 24.5 Å². The maximum atomic E-state index is 4.63. The van der Waals surface area contributed by atoms with Crippen molar-refractivity contribution in [3.63, 3.8) is 0 Å². The van der Waals surface area contributed by atoms with Gasteiger partial charge in [-0.25, -0.2) is 9.97 Å². The number of anilines is 1. The molecule has 6 heteroatoms. The zero-order valence-electron chi connectivity index (χ0n) is 10.4. The summed E-state index contributed by atoms with van der Waals surface area (Å²) in [5, 5.41) is 7.49. The van der Waals surface area contributed by atoms with E-state index in [-0.39, 0.29) is 0 Å². The Morgan fingerprint density at radius 2 is 2.00 bits per heavy atom. The quantitative estimate of drug-likeness (QED) is 0.822. The van der Waals surface area contributed by atoms with Gasteiger partial charge in [0.1, 0.15) is 0 Å². The third-order valence-corrected chi connectivity index (χ3v) is 3.13. The summed E-state index contributed by atoms with van der Waals surface area (Å²) in [6.07, 6.45) is 3.59.